The molecule has 0 aliphatic carbocycles. The predicted octanol–water partition coefficient (Wildman–Crippen LogP) is 0.726. The number of urea groups is 1. The fraction of sp³-hybridized carbons (Fsp3) is 0.833. The summed E-state index contributed by atoms with van der Waals surface area (Å²) >= 11 is 0. The van der Waals surface area contributed by atoms with E-state index in [0.29, 0.717) is 19.6 Å². The molecule has 3 N–H and O–H groups in total. The Balaban J connectivity index is 2.08. The number of amides is 2. The minimum absolute atomic E-state index is 0.156. The summed E-state index contributed by atoms with van der Waals surface area (Å²) < 4.78 is 39.1. The van der Waals surface area contributed by atoms with Crippen LogP contribution in [0.5, 0.6) is 0 Å². The lowest BCUT2D eigenvalue weighted by molar-refractivity contribution is -0.227. The van der Waals surface area contributed by atoms with Crippen LogP contribution in [-0.4, -0.2) is 65.8 Å². The number of likely N-dealkylation sites (tertiary alicyclic amines) is 2. The molecule has 2 fully saturated rings. The summed E-state index contributed by atoms with van der Waals surface area (Å²) in [5.74, 6) is -1.77. The molecule has 0 bridgehead atoms. The van der Waals surface area contributed by atoms with Gasteiger partial charge >= 0.3 is 18.2 Å². The van der Waals surface area contributed by atoms with Gasteiger partial charge in [0.05, 0.1) is 0 Å². The number of alkyl halides is 3. The molecule has 2 heterocycles. The van der Waals surface area contributed by atoms with Crippen molar-refractivity contribution >= 4 is 12.0 Å². The molecular formula is C12H18F3N3O3. The Bertz CT molecular complexity index is 443. The number of aliphatic carboxylic acids is 1. The zero-order chi connectivity index (χ0) is 15.8. The molecular weight excluding hydrogens is 291 g/mol. The van der Waals surface area contributed by atoms with E-state index in [1.165, 1.54) is 4.90 Å². The van der Waals surface area contributed by atoms with Gasteiger partial charge in [0.25, 0.3) is 0 Å². The summed E-state index contributed by atoms with van der Waals surface area (Å²) in [6, 6.07) is -0.529. The second-order valence-corrected chi connectivity index (χ2v) is 5.68. The molecule has 0 aromatic heterocycles. The highest BCUT2D eigenvalue weighted by atomic mass is 19.4. The zero-order valence-electron chi connectivity index (χ0n) is 11.4. The molecule has 6 nitrogen and oxygen atoms in total. The normalized spacial score (nSPS) is 30.0. The van der Waals surface area contributed by atoms with Crippen molar-refractivity contribution in [2.45, 2.75) is 19.0 Å². The van der Waals surface area contributed by atoms with E-state index in [1.54, 1.807) is 0 Å². The molecule has 0 radical (unpaired) electrons. The molecule has 120 valence electrons. The molecule has 0 saturated carbocycles. The summed E-state index contributed by atoms with van der Waals surface area (Å²) in [6.07, 6.45) is -4.76. The predicted molar refractivity (Wildman–Crippen MR) is 66.4 cm³/mol. The highest BCUT2D eigenvalue weighted by Gasteiger charge is 2.64. The Morgan fingerprint density at radius 2 is 1.95 bits per heavy atom. The van der Waals surface area contributed by atoms with E-state index in [-0.39, 0.29) is 12.5 Å². The lowest BCUT2D eigenvalue weighted by Crippen LogP contribution is -2.49. The SMILES string of the molecule is NCC1CCN(C(=O)N2CCC(C(=O)O)(C(F)(F)F)C2)C1. The molecule has 2 saturated heterocycles. The number of carbonyl (C=O) groups excluding carboxylic acids is 1. The average molecular weight is 309 g/mol. The average Bonchev–Trinajstić information content (AvgIpc) is 3.04. The maximum Gasteiger partial charge on any atom is 0.406 e. The van der Waals surface area contributed by atoms with E-state index >= 15 is 0 Å². The maximum atomic E-state index is 13.0. The van der Waals surface area contributed by atoms with Crippen molar-refractivity contribution in [3.8, 4) is 0 Å². The van der Waals surface area contributed by atoms with E-state index in [1.807, 2.05) is 0 Å². The minimum atomic E-state index is -4.88. The number of halogens is 3. The first-order valence-corrected chi connectivity index (χ1v) is 6.75. The molecule has 2 aliphatic rings. The van der Waals surface area contributed by atoms with Gasteiger partial charge in [-0.3, -0.25) is 4.79 Å². The molecule has 21 heavy (non-hydrogen) atoms. The van der Waals surface area contributed by atoms with Gasteiger partial charge in [0, 0.05) is 26.2 Å². The summed E-state index contributed by atoms with van der Waals surface area (Å²) in [4.78, 5) is 25.7. The smallest absolute Gasteiger partial charge is 0.406 e. The van der Waals surface area contributed by atoms with E-state index < -0.39 is 36.6 Å². The van der Waals surface area contributed by atoms with Crippen LogP contribution >= 0.6 is 0 Å². The first kappa shape index (κ1) is 15.9. The summed E-state index contributed by atoms with van der Waals surface area (Å²) in [5, 5.41) is 8.96. The van der Waals surface area contributed by atoms with Gasteiger partial charge in [-0.2, -0.15) is 13.2 Å². The fourth-order valence-electron chi connectivity index (χ4n) is 2.90. The van der Waals surface area contributed by atoms with Crippen LogP contribution in [0.25, 0.3) is 0 Å². The number of nitrogens with zero attached hydrogens (tertiary/aromatic N) is 2. The summed E-state index contributed by atoms with van der Waals surface area (Å²) in [5.41, 5.74) is 2.66. The number of carboxylic acid groups (broad SMARTS) is 1. The van der Waals surface area contributed by atoms with Gasteiger partial charge in [-0.15, -0.1) is 0 Å². The van der Waals surface area contributed by atoms with Gasteiger partial charge in [-0.25, -0.2) is 4.79 Å². The van der Waals surface area contributed by atoms with Gasteiger partial charge in [0.15, 0.2) is 5.41 Å². The van der Waals surface area contributed by atoms with Crippen LogP contribution in [0.2, 0.25) is 0 Å². The fourth-order valence-corrected chi connectivity index (χ4v) is 2.90. The Kier molecular flexibility index (Phi) is 4.05. The number of carboxylic acids is 1. The van der Waals surface area contributed by atoms with Crippen LogP contribution < -0.4 is 5.73 Å². The third-order valence-electron chi connectivity index (χ3n) is 4.38. The highest BCUT2D eigenvalue weighted by Crippen LogP contribution is 2.46. The number of rotatable bonds is 2. The Morgan fingerprint density at radius 3 is 2.38 bits per heavy atom. The lowest BCUT2D eigenvalue weighted by Gasteiger charge is -2.29. The third-order valence-corrected chi connectivity index (χ3v) is 4.38. The van der Waals surface area contributed by atoms with E-state index in [0.717, 1.165) is 11.3 Å². The van der Waals surface area contributed by atoms with Gasteiger partial charge in [0.1, 0.15) is 0 Å². The molecule has 2 amide bonds. The van der Waals surface area contributed by atoms with Crippen molar-refractivity contribution in [1.29, 1.82) is 0 Å². The van der Waals surface area contributed by atoms with Gasteiger partial charge in [-0.05, 0) is 25.3 Å². The van der Waals surface area contributed by atoms with Crippen LogP contribution in [0.3, 0.4) is 0 Å². The number of hydrogen-bond donors (Lipinski definition) is 2. The molecule has 2 aliphatic heterocycles. The van der Waals surface area contributed by atoms with Gasteiger partial charge in [0.2, 0.25) is 0 Å². The Hall–Kier alpha value is -1.51. The van der Waals surface area contributed by atoms with E-state index in [4.69, 9.17) is 10.8 Å². The van der Waals surface area contributed by atoms with Crippen molar-refractivity contribution in [2.24, 2.45) is 17.1 Å². The van der Waals surface area contributed by atoms with E-state index in [2.05, 4.69) is 0 Å². The summed E-state index contributed by atoms with van der Waals surface area (Å²) in [7, 11) is 0. The lowest BCUT2D eigenvalue weighted by atomic mass is 9.86. The van der Waals surface area contributed by atoms with Crippen LogP contribution in [-0.2, 0) is 4.79 Å². The third kappa shape index (κ3) is 2.66. The quantitative estimate of drug-likeness (QED) is 0.787. The van der Waals surface area contributed by atoms with Gasteiger partial charge < -0.3 is 20.6 Å². The zero-order valence-corrected chi connectivity index (χ0v) is 11.4. The van der Waals surface area contributed by atoms with Crippen molar-refractivity contribution in [1.82, 2.24) is 9.80 Å². The molecule has 2 atom stereocenters. The second-order valence-electron chi connectivity index (χ2n) is 5.68. The first-order chi connectivity index (χ1) is 9.71. The molecule has 2 unspecified atom stereocenters. The number of hydrogen-bond acceptors (Lipinski definition) is 3. The molecule has 0 aromatic rings. The van der Waals surface area contributed by atoms with Crippen molar-refractivity contribution in [3.63, 3.8) is 0 Å². The van der Waals surface area contributed by atoms with Crippen molar-refractivity contribution in [3.05, 3.63) is 0 Å². The topological polar surface area (TPSA) is 86.9 Å². The largest absolute Gasteiger partial charge is 0.481 e. The van der Waals surface area contributed by atoms with Crippen LogP contribution in [0.15, 0.2) is 0 Å². The van der Waals surface area contributed by atoms with Crippen molar-refractivity contribution in [2.75, 3.05) is 32.7 Å². The number of carbonyl (C=O) groups is 2. The highest BCUT2D eigenvalue weighted by molar-refractivity contribution is 5.80. The first-order valence-electron chi connectivity index (χ1n) is 6.75. The second kappa shape index (κ2) is 5.36. The van der Waals surface area contributed by atoms with Gasteiger partial charge in [-0.1, -0.05) is 0 Å². The molecule has 2 rings (SSSR count). The van der Waals surface area contributed by atoms with Crippen LogP contribution in [0.1, 0.15) is 12.8 Å². The monoisotopic (exact) mass is 309 g/mol. The Labute approximate surface area is 119 Å². The van der Waals surface area contributed by atoms with Crippen molar-refractivity contribution < 1.29 is 27.9 Å². The molecule has 0 spiro atoms. The van der Waals surface area contributed by atoms with Crippen LogP contribution in [0.4, 0.5) is 18.0 Å². The van der Waals surface area contributed by atoms with E-state index in [9.17, 15) is 22.8 Å². The maximum absolute atomic E-state index is 13.0. The van der Waals surface area contributed by atoms with Crippen LogP contribution in [0, 0.1) is 11.3 Å². The molecule has 0 aromatic carbocycles. The molecule has 9 heteroatoms. The summed E-state index contributed by atoms with van der Waals surface area (Å²) in [6.45, 7) is 0.259. The Morgan fingerprint density at radius 1 is 1.29 bits per heavy atom. The minimum Gasteiger partial charge on any atom is -0.481 e. The standard InChI is InChI=1S/C12H18F3N3O3/c13-12(14,15)11(9(19)20)2-4-18(7-11)10(21)17-3-1-8(5-16)6-17/h8H,1-7,16H2,(H,19,20). The number of nitrogens with two attached hydrogens (primary N) is 1.